The molecule has 0 bridgehead atoms. The van der Waals surface area contributed by atoms with Crippen molar-refractivity contribution in [1.29, 1.82) is 0 Å². The summed E-state index contributed by atoms with van der Waals surface area (Å²) in [4.78, 5) is 34.6. The Kier molecular flexibility index (Phi) is 8.53. The maximum absolute atomic E-state index is 12.4. The number of H-pyrrole nitrogens is 1. The average Bonchev–Trinajstić information content (AvgIpc) is 3.23. The highest BCUT2D eigenvalue weighted by molar-refractivity contribution is 8.13. The molecular formula is C22H19Cl2FN6O5S. The molecule has 1 aliphatic rings. The normalized spacial score (nSPS) is 12.2. The molecule has 15 heteroatoms. The lowest BCUT2D eigenvalue weighted by molar-refractivity contribution is -0.118. The van der Waals surface area contributed by atoms with E-state index in [1.165, 1.54) is 18.5 Å². The monoisotopic (exact) mass is 568 g/mol. The predicted octanol–water partition coefficient (Wildman–Crippen LogP) is 2.98. The Morgan fingerprint density at radius 3 is 2.70 bits per heavy atom. The minimum absolute atomic E-state index is 0. The second-order valence-electron chi connectivity index (χ2n) is 7.44. The van der Waals surface area contributed by atoms with Crippen molar-refractivity contribution in [1.82, 2.24) is 20.3 Å². The van der Waals surface area contributed by atoms with Gasteiger partial charge in [0.25, 0.3) is 20.9 Å². The molecule has 0 fully saturated rings. The average molecular weight is 569 g/mol. The van der Waals surface area contributed by atoms with Crippen LogP contribution in [0, 0.1) is 5.82 Å². The number of fused-ring (bicyclic) bond motifs is 2. The van der Waals surface area contributed by atoms with Gasteiger partial charge >= 0.3 is 0 Å². The molecule has 2 aromatic heterocycles. The number of benzene rings is 2. The number of halogens is 3. The Hall–Kier alpha value is -3.94. The Balaban J connectivity index is 0.000000269. The highest BCUT2D eigenvalue weighted by atomic mass is 35.7. The van der Waals surface area contributed by atoms with Crippen LogP contribution < -0.4 is 21.1 Å². The Morgan fingerprint density at radius 2 is 2.00 bits per heavy atom. The van der Waals surface area contributed by atoms with Gasteiger partial charge in [0.15, 0.2) is 12.3 Å². The summed E-state index contributed by atoms with van der Waals surface area (Å²) >= 11 is 0. The van der Waals surface area contributed by atoms with Crippen molar-refractivity contribution in [3.8, 4) is 5.75 Å². The van der Waals surface area contributed by atoms with Gasteiger partial charge in [-0.3, -0.25) is 9.59 Å². The lowest BCUT2D eigenvalue weighted by Crippen LogP contribution is -2.26. The Morgan fingerprint density at radius 1 is 1.22 bits per heavy atom. The molecule has 0 spiro atoms. The number of carbonyl (C=O) groups is 2. The first kappa shape index (κ1) is 27.6. The van der Waals surface area contributed by atoms with Gasteiger partial charge in [-0.2, -0.15) is 0 Å². The van der Waals surface area contributed by atoms with Crippen molar-refractivity contribution in [2.75, 3.05) is 17.7 Å². The van der Waals surface area contributed by atoms with Gasteiger partial charge in [-0.1, -0.05) is 12.1 Å². The van der Waals surface area contributed by atoms with Gasteiger partial charge in [-0.05, 0) is 35.9 Å². The summed E-state index contributed by atoms with van der Waals surface area (Å²) in [5, 5.41) is 5.52. The molecule has 0 atom stereocenters. The third kappa shape index (κ3) is 6.64. The van der Waals surface area contributed by atoms with Crippen LogP contribution in [0.1, 0.15) is 16.1 Å². The van der Waals surface area contributed by atoms with E-state index in [4.69, 9.17) is 21.2 Å². The number of carbonyl (C=O) groups excluding carboxylic acids is 2. The third-order valence-corrected chi connectivity index (χ3v) is 6.27. The highest BCUT2D eigenvalue weighted by Gasteiger charge is 2.18. The summed E-state index contributed by atoms with van der Waals surface area (Å²) in [5.41, 5.74) is 8.86. The molecule has 37 heavy (non-hydrogen) atoms. The number of rotatable bonds is 4. The van der Waals surface area contributed by atoms with Gasteiger partial charge in [-0.15, -0.1) is 12.4 Å². The Labute approximate surface area is 220 Å². The van der Waals surface area contributed by atoms with E-state index in [2.05, 4.69) is 25.6 Å². The summed E-state index contributed by atoms with van der Waals surface area (Å²) < 4.78 is 38.8. The van der Waals surface area contributed by atoms with Crippen molar-refractivity contribution in [3.63, 3.8) is 0 Å². The van der Waals surface area contributed by atoms with Gasteiger partial charge < -0.3 is 26.1 Å². The number of ether oxygens (including phenoxy) is 1. The fourth-order valence-corrected chi connectivity index (χ4v) is 4.04. The molecule has 3 heterocycles. The maximum Gasteiger partial charge on any atom is 0.272 e. The number of anilines is 2. The number of nitrogens with two attached hydrogens (primary N) is 1. The fourth-order valence-electron chi connectivity index (χ4n) is 3.26. The zero-order chi connectivity index (χ0) is 25.9. The zero-order valence-corrected chi connectivity index (χ0v) is 21.1. The van der Waals surface area contributed by atoms with Crippen molar-refractivity contribution >= 4 is 66.4 Å². The van der Waals surface area contributed by atoms with Crippen LogP contribution in [0.3, 0.4) is 0 Å². The van der Waals surface area contributed by atoms with Crippen LogP contribution in [0.2, 0.25) is 0 Å². The summed E-state index contributed by atoms with van der Waals surface area (Å²) in [6.07, 6.45) is 2.87. The number of amides is 2. The Bertz CT molecular complexity index is 1580. The largest absolute Gasteiger partial charge is 0.482 e. The second kappa shape index (κ2) is 11.4. The first-order chi connectivity index (χ1) is 17.1. The van der Waals surface area contributed by atoms with Crippen molar-refractivity contribution in [2.45, 2.75) is 11.4 Å². The van der Waals surface area contributed by atoms with Gasteiger partial charge in [0.2, 0.25) is 0 Å². The molecular weight excluding hydrogens is 550 g/mol. The quantitative estimate of drug-likeness (QED) is 0.272. The first-order valence-electron chi connectivity index (χ1n) is 10.2. The fraction of sp³-hybridized carbons (Fsp3) is 0.0909. The van der Waals surface area contributed by atoms with Crippen molar-refractivity contribution < 1.29 is 27.1 Å². The van der Waals surface area contributed by atoms with Crippen molar-refractivity contribution in [3.05, 3.63) is 72.1 Å². The minimum Gasteiger partial charge on any atom is -0.482 e. The lowest BCUT2D eigenvalue weighted by Gasteiger charge is -2.18. The molecule has 5 rings (SSSR count). The number of nitrogens with zero attached hydrogens (tertiary/aromatic N) is 2. The first-order valence-corrected chi connectivity index (χ1v) is 12.5. The van der Waals surface area contributed by atoms with Gasteiger partial charge in [-0.25, -0.2) is 22.8 Å². The van der Waals surface area contributed by atoms with E-state index in [0.717, 1.165) is 17.7 Å². The van der Waals surface area contributed by atoms with Crippen LogP contribution >= 0.6 is 23.1 Å². The number of aromatic nitrogens is 3. The maximum atomic E-state index is 12.4. The van der Waals surface area contributed by atoms with Crippen LogP contribution in [0.4, 0.5) is 15.8 Å². The molecule has 0 unspecified atom stereocenters. The number of nitrogen functional groups attached to an aromatic ring is 1. The summed E-state index contributed by atoms with van der Waals surface area (Å²) in [6.45, 7) is 0.274. The van der Waals surface area contributed by atoms with Gasteiger partial charge in [0.05, 0.1) is 21.8 Å². The molecule has 0 radical (unpaired) electrons. The van der Waals surface area contributed by atoms with E-state index in [9.17, 15) is 22.4 Å². The van der Waals surface area contributed by atoms with Crippen LogP contribution in [0.15, 0.2) is 59.9 Å². The molecule has 0 saturated carbocycles. The summed E-state index contributed by atoms with van der Waals surface area (Å²) in [5.74, 6) is -0.575. The predicted molar refractivity (Wildman–Crippen MR) is 137 cm³/mol. The van der Waals surface area contributed by atoms with E-state index in [1.54, 1.807) is 18.3 Å². The minimum atomic E-state index is -3.79. The number of aromatic amines is 1. The van der Waals surface area contributed by atoms with Crippen LogP contribution in [-0.4, -0.2) is 41.8 Å². The van der Waals surface area contributed by atoms with Gasteiger partial charge in [0, 0.05) is 23.4 Å². The number of hydrogen-bond donors (Lipinski definition) is 4. The number of hydrogen-bond acceptors (Lipinski definition) is 8. The van der Waals surface area contributed by atoms with E-state index < -0.39 is 14.9 Å². The second-order valence-corrected chi connectivity index (χ2v) is 10.0. The molecule has 194 valence electrons. The standard InChI is InChI=1S/C16H14N6O3.C6H4ClFO2S.ClH/c17-9-5-18-14-13(9)20-7-21-15(14)16(24)19-4-8-1-2-11-10(3-8)22-12(23)6-25-11;7-11(9,10)6-3-1-2-5(8)4-6;/h1-3,5,7,18H,4,6,17H2,(H,19,24)(H,22,23);1-4H;1H. The topological polar surface area (TPSA) is 169 Å². The van der Waals surface area contributed by atoms with E-state index in [1.807, 2.05) is 6.07 Å². The third-order valence-electron chi connectivity index (χ3n) is 4.92. The molecule has 4 aromatic rings. The molecule has 2 amide bonds. The zero-order valence-electron chi connectivity index (χ0n) is 18.7. The van der Waals surface area contributed by atoms with Crippen LogP contribution in [-0.2, 0) is 20.4 Å². The molecule has 1 aliphatic heterocycles. The van der Waals surface area contributed by atoms with E-state index in [0.29, 0.717) is 28.2 Å². The van der Waals surface area contributed by atoms with Crippen LogP contribution in [0.25, 0.3) is 11.0 Å². The molecule has 5 N–H and O–H groups in total. The highest BCUT2D eigenvalue weighted by Crippen LogP contribution is 2.28. The van der Waals surface area contributed by atoms with Gasteiger partial charge in [0.1, 0.15) is 23.4 Å². The van der Waals surface area contributed by atoms with E-state index >= 15 is 0 Å². The molecule has 11 nitrogen and oxygen atoms in total. The number of nitrogens with one attached hydrogen (secondary N) is 3. The SMILES string of the molecule is Cl.Nc1c[nH]c2c(C(=O)NCc3ccc4c(c3)NC(=O)CO4)ncnc12.O=S(=O)(Cl)c1cccc(F)c1. The molecule has 0 aliphatic carbocycles. The summed E-state index contributed by atoms with van der Waals surface area (Å²) in [7, 11) is 1.14. The molecule has 2 aromatic carbocycles. The van der Waals surface area contributed by atoms with Crippen LogP contribution in [0.5, 0.6) is 5.75 Å². The summed E-state index contributed by atoms with van der Waals surface area (Å²) in [6, 6.07) is 9.85. The molecule has 0 saturated heterocycles. The smallest absolute Gasteiger partial charge is 0.272 e. The van der Waals surface area contributed by atoms with Crippen molar-refractivity contribution in [2.24, 2.45) is 0 Å². The van der Waals surface area contributed by atoms with E-state index in [-0.39, 0.29) is 48.0 Å². The lowest BCUT2D eigenvalue weighted by atomic mass is 10.1.